The molecule has 3 N–H and O–H groups in total. The molecule has 0 aromatic heterocycles. The maximum absolute atomic E-state index is 13.2. The summed E-state index contributed by atoms with van der Waals surface area (Å²) in [5.74, 6) is 0.854. The number of carbonyl (C=O) groups excluding carboxylic acids is 1. The van der Waals surface area contributed by atoms with Crippen LogP contribution >= 0.6 is 0 Å². The number of halogens is 1. The van der Waals surface area contributed by atoms with Crippen LogP contribution in [0.3, 0.4) is 0 Å². The highest BCUT2D eigenvalue weighted by atomic mass is 19.1. The van der Waals surface area contributed by atoms with Gasteiger partial charge in [-0.2, -0.15) is 0 Å². The van der Waals surface area contributed by atoms with Crippen molar-refractivity contribution in [3.63, 3.8) is 0 Å². The van der Waals surface area contributed by atoms with Crippen LogP contribution in [-0.4, -0.2) is 37.5 Å². The van der Waals surface area contributed by atoms with Crippen molar-refractivity contribution in [3.05, 3.63) is 53.8 Å². The zero-order valence-corrected chi connectivity index (χ0v) is 14.1. The Bertz CT molecular complexity index is 707. The largest absolute Gasteiger partial charge is 0.497 e. The van der Waals surface area contributed by atoms with Crippen molar-refractivity contribution < 1.29 is 23.8 Å². The van der Waals surface area contributed by atoms with Crippen molar-refractivity contribution in [3.8, 4) is 11.5 Å². The van der Waals surface area contributed by atoms with E-state index in [0.29, 0.717) is 17.2 Å². The number of nitrogens with one attached hydrogen (secondary N) is 2. The van der Waals surface area contributed by atoms with Crippen LogP contribution in [0.4, 0.5) is 14.9 Å². The molecule has 7 heteroatoms. The number of aryl methyl sites for hydroxylation is 1. The molecular weight excluding hydrogens is 327 g/mol. The summed E-state index contributed by atoms with van der Waals surface area (Å²) >= 11 is 0. The van der Waals surface area contributed by atoms with Gasteiger partial charge in [0.1, 0.15) is 30.0 Å². The van der Waals surface area contributed by atoms with Crippen molar-refractivity contribution in [2.75, 3.05) is 25.6 Å². The first-order chi connectivity index (χ1) is 12.0. The van der Waals surface area contributed by atoms with Gasteiger partial charge in [-0.15, -0.1) is 0 Å². The lowest BCUT2D eigenvalue weighted by molar-refractivity contribution is 0.108. The van der Waals surface area contributed by atoms with Gasteiger partial charge >= 0.3 is 6.03 Å². The third-order valence-electron chi connectivity index (χ3n) is 3.45. The Labute approximate surface area is 145 Å². The maximum atomic E-state index is 13.2. The molecule has 25 heavy (non-hydrogen) atoms. The molecule has 0 saturated heterocycles. The SMILES string of the molecule is COc1ccc(OC[C@H](O)CNC(=O)Nc2cc(F)ccc2C)cc1. The summed E-state index contributed by atoms with van der Waals surface area (Å²) in [5.41, 5.74) is 1.11. The van der Waals surface area contributed by atoms with Crippen LogP contribution in [0.5, 0.6) is 11.5 Å². The Morgan fingerprint density at radius 1 is 1.20 bits per heavy atom. The third-order valence-corrected chi connectivity index (χ3v) is 3.45. The summed E-state index contributed by atoms with van der Waals surface area (Å²) in [7, 11) is 1.57. The monoisotopic (exact) mass is 348 g/mol. The molecule has 0 fully saturated rings. The van der Waals surface area contributed by atoms with Gasteiger partial charge in [-0.25, -0.2) is 9.18 Å². The molecule has 2 rings (SSSR count). The number of hydrogen-bond donors (Lipinski definition) is 3. The first kappa shape index (κ1) is 18.5. The highest BCUT2D eigenvalue weighted by Crippen LogP contribution is 2.17. The average molecular weight is 348 g/mol. The van der Waals surface area contributed by atoms with Crippen molar-refractivity contribution in [1.29, 1.82) is 0 Å². The Kier molecular flexibility index (Phi) is 6.59. The van der Waals surface area contributed by atoms with E-state index in [-0.39, 0.29) is 13.2 Å². The van der Waals surface area contributed by atoms with Crippen LogP contribution < -0.4 is 20.1 Å². The minimum absolute atomic E-state index is 0.00362. The fourth-order valence-electron chi connectivity index (χ4n) is 2.03. The Morgan fingerprint density at radius 2 is 1.88 bits per heavy atom. The van der Waals surface area contributed by atoms with E-state index < -0.39 is 18.0 Å². The second-order valence-electron chi connectivity index (χ2n) is 5.43. The molecule has 0 saturated carbocycles. The van der Waals surface area contributed by atoms with Crippen LogP contribution in [0, 0.1) is 12.7 Å². The number of carbonyl (C=O) groups is 1. The van der Waals surface area contributed by atoms with Gasteiger partial charge in [0, 0.05) is 12.2 Å². The molecule has 2 amide bonds. The van der Waals surface area contributed by atoms with Crippen molar-refractivity contribution in [2.24, 2.45) is 0 Å². The second-order valence-corrected chi connectivity index (χ2v) is 5.43. The summed E-state index contributed by atoms with van der Waals surface area (Å²) in [6.45, 7) is 1.77. The quantitative estimate of drug-likeness (QED) is 0.719. The summed E-state index contributed by atoms with van der Waals surface area (Å²) in [6.07, 6.45) is -0.888. The van der Waals surface area contributed by atoms with Gasteiger partial charge in [0.2, 0.25) is 0 Å². The van der Waals surface area contributed by atoms with E-state index in [9.17, 15) is 14.3 Å². The lowest BCUT2D eigenvalue weighted by atomic mass is 10.2. The van der Waals surface area contributed by atoms with Crippen LogP contribution in [0.2, 0.25) is 0 Å². The van der Waals surface area contributed by atoms with Gasteiger partial charge in [-0.1, -0.05) is 6.07 Å². The zero-order chi connectivity index (χ0) is 18.2. The number of urea groups is 1. The molecule has 0 aliphatic heterocycles. The number of methoxy groups -OCH3 is 1. The second kappa shape index (κ2) is 8.89. The minimum atomic E-state index is -0.888. The van der Waals surface area contributed by atoms with Crippen LogP contribution in [0.15, 0.2) is 42.5 Å². The molecule has 0 unspecified atom stereocenters. The van der Waals surface area contributed by atoms with Gasteiger partial charge < -0.3 is 25.2 Å². The van der Waals surface area contributed by atoms with Crippen LogP contribution in [0.1, 0.15) is 5.56 Å². The third kappa shape index (κ3) is 5.96. The van der Waals surface area contributed by atoms with E-state index in [4.69, 9.17) is 9.47 Å². The highest BCUT2D eigenvalue weighted by Gasteiger charge is 2.10. The first-order valence-electron chi connectivity index (χ1n) is 7.74. The molecule has 0 spiro atoms. The van der Waals surface area contributed by atoms with Crippen molar-refractivity contribution in [2.45, 2.75) is 13.0 Å². The number of aliphatic hydroxyl groups is 1. The molecule has 134 valence electrons. The topological polar surface area (TPSA) is 79.8 Å². The number of anilines is 1. The first-order valence-corrected chi connectivity index (χ1v) is 7.74. The molecule has 0 radical (unpaired) electrons. The Balaban J connectivity index is 1.74. The lowest BCUT2D eigenvalue weighted by Gasteiger charge is -2.14. The van der Waals surface area contributed by atoms with Gasteiger partial charge in [0.05, 0.1) is 7.11 Å². The smallest absolute Gasteiger partial charge is 0.319 e. The molecule has 6 nitrogen and oxygen atoms in total. The Morgan fingerprint density at radius 3 is 2.56 bits per heavy atom. The number of hydrogen-bond acceptors (Lipinski definition) is 4. The highest BCUT2D eigenvalue weighted by molar-refractivity contribution is 5.90. The standard InChI is InChI=1S/C18H21FN2O4/c1-12-3-4-13(19)9-17(12)21-18(23)20-10-14(22)11-25-16-7-5-15(24-2)6-8-16/h3-9,14,22H,10-11H2,1-2H3,(H2,20,21,23)/t14-/m1/s1. The van der Waals surface area contributed by atoms with Crippen LogP contribution in [-0.2, 0) is 0 Å². The van der Waals surface area contributed by atoms with Gasteiger partial charge in [-0.3, -0.25) is 0 Å². The molecule has 0 bridgehead atoms. The number of rotatable bonds is 7. The summed E-state index contributed by atoms with van der Waals surface area (Å²) in [5, 5.41) is 14.9. The predicted octanol–water partition coefficient (Wildman–Crippen LogP) is 2.70. The lowest BCUT2D eigenvalue weighted by Crippen LogP contribution is -2.37. The molecule has 1 atom stereocenters. The molecule has 0 aliphatic carbocycles. The number of amides is 2. The molecule has 2 aromatic rings. The van der Waals surface area contributed by atoms with Gasteiger partial charge in [-0.05, 0) is 48.9 Å². The van der Waals surface area contributed by atoms with Crippen LogP contribution in [0.25, 0.3) is 0 Å². The van der Waals surface area contributed by atoms with Gasteiger partial charge in [0.25, 0.3) is 0 Å². The molecular formula is C18H21FN2O4. The van der Waals surface area contributed by atoms with Crippen molar-refractivity contribution in [1.82, 2.24) is 5.32 Å². The zero-order valence-electron chi connectivity index (χ0n) is 14.1. The number of ether oxygens (including phenoxy) is 2. The Hall–Kier alpha value is -2.80. The molecule has 0 heterocycles. The van der Waals surface area contributed by atoms with Gasteiger partial charge in [0.15, 0.2) is 0 Å². The van der Waals surface area contributed by atoms with Crippen molar-refractivity contribution >= 4 is 11.7 Å². The summed E-state index contributed by atoms with van der Waals surface area (Å²) < 4.78 is 23.7. The number of benzene rings is 2. The van der Waals surface area contributed by atoms with E-state index in [2.05, 4.69) is 10.6 Å². The average Bonchev–Trinajstić information content (AvgIpc) is 2.61. The van der Waals surface area contributed by atoms with E-state index in [0.717, 1.165) is 5.56 Å². The number of aliphatic hydroxyl groups excluding tert-OH is 1. The van der Waals surface area contributed by atoms with E-state index in [1.54, 1.807) is 44.4 Å². The fraction of sp³-hybridized carbons (Fsp3) is 0.278. The fourth-order valence-corrected chi connectivity index (χ4v) is 2.03. The minimum Gasteiger partial charge on any atom is -0.497 e. The maximum Gasteiger partial charge on any atom is 0.319 e. The summed E-state index contributed by atoms with van der Waals surface area (Å²) in [6, 6.07) is 10.5. The van der Waals surface area contributed by atoms with E-state index in [1.165, 1.54) is 12.1 Å². The normalized spacial score (nSPS) is 11.5. The van der Waals surface area contributed by atoms with E-state index in [1.807, 2.05) is 0 Å². The molecule has 0 aliphatic rings. The predicted molar refractivity (Wildman–Crippen MR) is 92.7 cm³/mol. The molecule has 2 aromatic carbocycles. The summed E-state index contributed by atoms with van der Waals surface area (Å²) in [4.78, 5) is 11.8. The van der Waals surface area contributed by atoms with E-state index >= 15 is 0 Å².